The number of nitrogens with one attached hydrogen (secondary N) is 1. The van der Waals surface area contributed by atoms with Crippen molar-refractivity contribution in [3.63, 3.8) is 0 Å². The van der Waals surface area contributed by atoms with Crippen LogP contribution in [0.5, 0.6) is 0 Å². The maximum atomic E-state index is 10.9. The Labute approximate surface area is 104 Å². The summed E-state index contributed by atoms with van der Waals surface area (Å²) in [6, 6.07) is 0.304. The number of hydrogen-bond acceptors (Lipinski definition) is 6. The van der Waals surface area contributed by atoms with Gasteiger partial charge in [0.05, 0.1) is 4.92 Å². The van der Waals surface area contributed by atoms with E-state index in [4.69, 9.17) is 5.73 Å². The average Bonchev–Trinajstić information content (AvgIpc) is 3.17. The number of nitrogen functional groups attached to an aromatic ring is 1. The van der Waals surface area contributed by atoms with E-state index in [-0.39, 0.29) is 17.5 Å². The monoisotopic (exact) mass is 249 g/mol. The van der Waals surface area contributed by atoms with Gasteiger partial charge in [-0.25, -0.2) is 4.98 Å². The zero-order valence-electron chi connectivity index (χ0n) is 9.87. The first kappa shape index (κ1) is 11.2. The van der Waals surface area contributed by atoms with Crippen LogP contribution in [0.2, 0.25) is 0 Å². The molecule has 1 aromatic heterocycles. The van der Waals surface area contributed by atoms with Gasteiger partial charge in [-0.2, -0.15) is 4.98 Å². The van der Waals surface area contributed by atoms with Crippen molar-refractivity contribution < 1.29 is 4.92 Å². The Hall–Kier alpha value is -1.92. The number of anilines is 2. The number of nitro groups is 1. The van der Waals surface area contributed by atoms with E-state index in [1.165, 1.54) is 31.9 Å². The second kappa shape index (κ2) is 4.08. The standard InChI is InChI=1S/C11H15N5O2/c12-11-13-5-8(16(17)18)10(15-11)14-9(6-1-2-6)7-3-4-7/h5-7,9H,1-4H2,(H3,12,13,14,15). The van der Waals surface area contributed by atoms with E-state index in [9.17, 15) is 10.1 Å². The van der Waals surface area contributed by atoms with Gasteiger partial charge >= 0.3 is 5.69 Å². The van der Waals surface area contributed by atoms with Crippen LogP contribution in [0.4, 0.5) is 17.5 Å². The van der Waals surface area contributed by atoms with Gasteiger partial charge in [-0.1, -0.05) is 0 Å². The van der Waals surface area contributed by atoms with Gasteiger partial charge in [0.15, 0.2) is 0 Å². The van der Waals surface area contributed by atoms with Gasteiger partial charge in [0.25, 0.3) is 0 Å². The molecule has 7 nitrogen and oxygen atoms in total. The SMILES string of the molecule is Nc1ncc([N+](=O)[O-])c(NC(C2CC2)C2CC2)n1. The molecule has 0 atom stereocenters. The van der Waals surface area contributed by atoms with Crippen LogP contribution >= 0.6 is 0 Å². The minimum absolute atomic E-state index is 0.0634. The molecule has 7 heteroatoms. The Morgan fingerprint density at radius 1 is 1.39 bits per heavy atom. The quantitative estimate of drug-likeness (QED) is 0.605. The van der Waals surface area contributed by atoms with Crippen molar-refractivity contribution in [1.82, 2.24) is 9.97 Å². The molecule has 96 valence electrons. The minimum Gasteiger partial charge on any atom is -0.368 e. The van der Waals surface area contributed by atoms with E-state index in [0.717, 1.165) is 0 Å². The van der Waals surface area contributed by atoms with Gasteiger partial charge in [-0.05, 0) is 37.5 Å². The molecule has 2 fully saturated rings. The topological polar surface area (TPSA) is 107 Å². The Kier molecular flexibility index (Phi) is 2.53. The molecule has 1 heterocycles. The highest BCUT2D eigenvalue weighted by molar-refractivity contribution is 5.57. The van der Waals surface area contributed by atoms with E-state index < -0.39 is 4.92 Å². The van der Waals surface area contributed by atoms with Crippen molar-refractivity contribution in [3.8, 4) is 0 Å². The van der Waals surface area contributed by atoms with Crippen LogP contribution < -0.4 is 11.1 Å². The van der Waals surface area contributed by atoms with Crippen molar-refractivity contribution in [3.05, 3.63) is 16.3 Å². The van der Waals surface area contributed by atoms with Gasteiger partial charge in [0.1, 0.15) is 6.20 Å². The number of nitrogens with zero attached hydrogens (tertiary/aromatic N) is 3. The summed E-state index contributed by atoms with van der Waals surface area (Å²) in [7, 11) is 0. The number of rotatable bonds is 5. The third-order valence-electron chi connectivity index (χ3n) is 3.55. The molecule has 3 rings (SSSR count). The maximum Gasteiger partial charge on any atom is 0.329 e. The highest BCUT2D eigenvalue weighted by atomic mass is 16.6. The lowest BCUT2D eigenvalue weighted by Gasteiger charge is -2.18. The van der Waals surface area contributed by atoms with Crippen LogP contribution in [0.3, 0.4) is 0 Å². The smallest absolute Gasteiger partial charge is 0.329 e. The summed E-state index contributed by atoms with van der Waals surface area (Å²) in [5.41, 5.74) is 5.40. The molecule has 0 amide bonds. The third-order valence-corrected chi connectivity index (χ3v) is 3.55. The van der Waals surface area contributed by atoms with E-state index in [1.807, 2.05) is 0 Å². The van der Waals surface area contributed by atoms with Gasteiger partial charge in [-0.3, -0.25) is 10.1 Å². The molecule has 0 radical (unpaired) electrons. The van der Waals surface area contributed by atoms with Crippen molar-refractivity contribution in [2.45, 2.75) is 31.7 Å². The fraction of sp³-hybridized carbons (Fsp3) is 0.636. The summed E-state index contributed by atoms with van der Waals surface area (Å²) >= 11 is 0. The lowest BCUT2D eigenvalue weighted by molar-refractivity contribution is -0.384. The van der Waals surface area contributed by atoms with Crippen molar-refractivity contribution in [2.24, 2.45) is 11.8 Å². The molecule has 0 spiro atoms. The zero-order chi connectivity index (χ0) is 12.7. The molecule has 2 aliphatic carbocycles. The van der Waals surface area contributed by atoms with Gasteiger partial charge in [-0.15, -0.1) is 0 Å². The van der Waals surface area contributed by atoms with Crippen LogP contribution in [-0.2, 0) is 0 Å². The largest absolute Gasteiger partial charge is 0.368 e. The summed E-state index contributed by atoms with van der Waals surface area (Å²) in [4.78, 5) is 18.1. The first-order chi connectivity index (χ1) is 8.65. The molecule has 0 aliphatic heterocycles. The fourth-order valence-electron chi connectivity index (χ4n) is 2.32. The predicted molar refractivity (Wildman–Crippen MR) is 66.0 cm³/mol. The van der Waals surface area contributed by atoms with Gasteiger partial charge < -0.3 is 11.1 Å². The Morgan fingerprint density at radius 3 is 2.50 bits per heavy atom. The Balaban J connectivity index is 1.85. The third kappa shape index (κ3) is 2.20. The van der Waals surface area contributed by atoms with Crippen molar-refractivity contribution >= 4 is 17.5 Å². The van der Waals surface area contributed by atoms with Gasteiger partial charge in [0, 0.05) is 6.04 Å². The molecule has 18 heavy (non-hydrogen) atoms. The first-order valence-electron chi connectivity index (χ1n) is 6.18. The molecule has 3 N–H and O–H groups in total. The molecule has 2 aliphatic rings. The summed E-state index contributed by atoms with van der Waals surface area (Å²) in [5.74, 6) is 1.59. The highest BCUT2D eigenvalue weighted by Gasteiger charge is 2.42. The summed E-state index contributed by atoms with van der Waals surface area (Å²) in [5, 5.41) is 14.2. The second-order valence-electron chi connectivity index (χ2n) is 5.06. The van der Waals surface area contributed by atoms with Crippen LogP contribution in [0.25, 0.3) is 0 Å². The van der Waals surface area contributed by atoms with Crippen LogP contribution in [-0.4, -0.2) is 20.9 Å². The Bertz CT molecular complexity index is 472. The van der Waals surface area contributed by atoms with E-state index >= 15 is 0 Å². The number of nitrogens with two attached hydrogens (primary N) is 1. The molecule has 0 bridgehead atoms. The second-order valence-corrected chi connectivity index (χ2v) is 5.06. The molecule has 1 aromatic rings. The van der Waals surface area contributed by atoms with Crippen LogP contribution in [0, 0.1) is 22.0 Å². The van der Waals surface area contributed by atoms with E-state index in [1.54, 1.807) is 0 Å². The predicted octanol–water partition coefficient (Wildman–Crippen LogP) is 1.57. The Morgan fingerprint density at radius 2 is 2.00 bits per heavy atom. The van der Waals surface area contributed by atoms with E-state index in [2.05, 4.69) is 15.3 Å². The average molecular weight is 249 g/mol. The first-order valence-corrected chi connectivity index (χ1v) is 6.18. The van der Waals surface area contributed by atoms with Crippen molar-refractivity contribution in [2.75, 3.05) is 11.1 Å². The van der Waals surface area contributed by atoms with E-state index in [0.29, 0.717) is 17.9 Å². The summed E-state index contributed by atoms with van der Waals surface area (Å²) in [6.45, 7) is 0. The molecular formula is C11H15N5O2. The molecule has 0 saturated heterocycles. The van der Waals surface area contributed by atoms with Crippen LogP contribution in [0.15, 0.2) is 6.20 Å². The summed E-state index contributed by atoms with van der Waals surface area (Å²) < 4.78 is 0. The number of hydrogen-bond donors (Lipinski definition) is 2. The molecule has 2 saturated carbocycles. The lowest BCUT2D eigenvalue weighted by Crippen LogP contribution is -2.25. The van der Waals surface area contributed by atoms with Crippen molar-refractivity contribution in [1.29, 1.82) is 0 Å². The highest BCUT2D eigenvalue weighted by Crippen LogP contribution is 2.46. The van der Waals surface area contributed by atoms with Gasteiger partial charge in [0.2, 0.25) is 11.8 Å². The lowest BCUT2D eigenvalue weighted by atomic mass is 10.1. The maximum absolute atomic E-state index is 10.9. The molecule has 0 unspecified atom stereocenters. The molecule has 0 aromatic carbocycles. The normalized spacial score (nSPS) is 18.9. The minimum atomic E-state index is -0.474. The van der Waals surface area contributed by atoms with Crippen LogP contribution in [0.1, 0.15) is 25.7 Å². The fourth-order valence-corrected chi connectivity index (χ4v) is 2.32. The molecular weight excluding hydrogens is 234 g/mol. The summed E-state index contributed by atoms with van der Waals surface area (Å²) in [6.07, 6.45) is 5.96. The number of aromatic nitrogens is 2. The zero-order valence-corrected chi connectivity index (χ0v) is 9.87.